The Labute approximate surface area is 113 Å². The number of hydrogen-bond donors (Lipinski definition) is 3. The third-order valence-corrected chi connectivity index (χ3v) is 3.46. The first kappa shape index (κ1) is 13.8. The summed E-state index contributed by atoms with van der Waals surface area (Å²) in [7, 11) is 0. The summed E-state index contributed by atoms with van der Waals surface area (Å²) in [5.74, 6) is 5.80. The van der Waals surface area contributed by atoms with Crippen molar-refractivity contribution < 1.29 is 4.39 Å². The predicted molar refractivity (Wildman–Crippen MR) is 76.4 cm³/mol. The van der Waals surface area contributed by atoms with Crippen molar-refractivity contribution in [1.82, 2.24) is 5.43 Å². The van der Waals surface area contributed by atoms with Crippen LogP contribution in [0.5, 0.6) is 0 Å². The second-order valence-corrected chi connectivity index (χ2v) is 5.00. The zero-order valence-electron chi connectivity index (χ0n) is 11.2. The Morgan fingerprint density at radius 1 is 1.32 bits per heavy atom. The van der Waals surface area contributed by atoms with Crippen LogP contribution in [0.3, 0.4) is 0 Å². The maximum atomic E-state index is 13.0. The smallest absolute Gasteiger partial charge is 0.210 e. The zero-order chi connectivity index (χ0) is 13.7. The molecule has 0 amide bonds. The molecule has 1 aromatic rings. The molecule has 5 heteroatoms. The summed E-state index contributed by atoms with van der Waals surface area (Å²) in [6.45, 7) is 1.85. The highest BCUT2D eigenvalue weighted by molar-refractivity contribution is 5.93. The number of nitrogens with zero attached hydrogens (tertiary/aromatic N) is 1. The van der Waals surface area contributed by atoms with Crippen LogP contribution >= 0.6 is 0 Å². The fourth-order valence-electron chi connectivity index (χ4n) is 2.39. The molecule has 4 nitrogen and oxygen atoms in total. The van der Waals surface area contributed by atoms with E-state index in [0.29, 0.717) is 12.0 Å². The zero-order valence-corrected chi connectivity index (χ0v) is 11.2. The molecule has 0 spiro atoms. The maximum absolute atomic E-state index is 13.0. The molecule has 0 aromatic heterocycles. The molecule has 104 valence electrons. The Bertz CT molecular complexity index is 453. The van der Waals surface area contributed by atoms with E-state index >= 15 is 0 Å². The number of rotatable bonds is 2. The van der Waals surface area contributed by atoms with Gasteiger partial charge in [0.15, 0.2) is 0 Å². The fourth-order valence-corrected chi connectivity index (χ4v) is 2.39. The molecule has 1 fully saturated rings. The molecule has 1 aliphatic carbocycles. The van der Waals surface area contributed by atoms with Gasteiger partial charge in [0.1, 0.15) is 5.82 Å². The number of aryl methyl sites for hydroxylation is 1. The fraction of sp³-hybridized carbons (Fsp3) is 0.500. The van der Waals surface area contributed by atoms with Crippen LogP contribution in [-0.2, 0) is 0 Å². The van der Waals surface area contributed by atoms with Crippen LogP contribution in [0.1, 0.15) is 37.7 Å². The van der Waals surface area contributed by atoms with E-state index < -0.39 is 0 Å². The molecule has 0 saturated heterocycles. The van der Waals surface area contributed by atoms with Crippen LogP contribution in [0.25, 0.3) is 0 Å². The van der Waals surface area contributed by atoms with Gasteiger partial charge in [-0.15, -0.1) is 0 Å². The van der Waals surface area contributed by atoms with Gasteiger partial charge in [-0.1, -0.05) is 19.3 Å². The van der Waals surface area contributed by atoms with Crippen LogP contribution in [0.2, 0.25) is 0 Å². The molecular weight excluding hydrogens is 243 g/mol. The average molecular weight is 264 g/mol. The summed E-state index contributed by atoms with van der Waals surface area (Å²) in [6, 6.07) is 4.92. The van der Waals surface area contributed by atoms with E-state index in [9.17, 15) is 4.39 Å². The van der Waals surface area contributed by atoms with Crippen LogP contribution in [0.4, 0.5) is 10.1 Å². The summed E-state index contributed by atoms with van der Waals surface area (Å²) in [6.07, 6.45) is 5.95. The molecule has 4 N–H and O–H groups in total. The van der Waals surface area contributed by atoms with Crippen LogP contribution < -0.4 is 16.6 Å². The molecule has 2 rings (SSSR count). The third kappa shape index (κ3) is 3.92. The minimum atomic E-state index is -0.241. The highest BCUT2D eigenvalue weighted by Gasteiger charge is 2.13. The molecule has 1 aliphatic rings. The number of hydrazine groups is 1. The Morgan fingerprint density at radius 3 is 2.68 bits per heavy atom. The van der Waals surface area contributed by atoms with E-state index in [0.717, 1.165) is 24.1 Å². The van der Waals surface area contributed by atoms with Gasteiger partial charge in [-0.2, -0.15) is 0 Å². The van der Waals surface area contributed by atoms with Crippen molar-refractivity contribution in [2.45, 2.75) is 45.1 Å². The van der Waals surface area contributed by atoms with Crippen molar-refractivity contribution >= 4 is 11.6 Å². The number of benzene rings is 1. The monoisotopic (exact) mass is 264 g/mol. The Kier molecular flexibility index (Phi) is 4.74. The predicted octanol–water partition coefficient (Wildman–Crippen LogP) is 2.70. The molecule has 0 atom stereocenters. The van der Waals surface area contributed by atoms with E-state index in [1.165, 1.54) is 31.4 Å². The molecule has 0 radical (unpaired) electrons. The average Bonchev–Trinajstić information content (AvgIpc) is 2.42. The van der Waals surface area contributed by atoms with Crippen molar-refractivity contribution in [3.05, 3.63) is 29.6 Å². The Hall–Kier alpha value is -1.62. The number of guanidine groups is 1. The van der Waals surface area contributed by atoms with Gasteiger partial charge in [-0.3, -0.25) is 5.43 Å². The van der Waals surface area contributed by atoms with E-state index in [2.05, 4.69) is 15.7 Å². The van der Waals surface area contributed by atoms with Crippen molar-refractivity contribution in [1.29, 1.82) is 0 Å². The second kappa shape index (κ2) is 6.52. The number of halogens is 1. The minimum absolute atomic E-state index is 0.241. The van der Waals surface area contributed by atoms with Crippen molar-refractivity contribution in [2.24, 2.45) is 10.8 Å². The van der Waals surface area contributed by atoms with E-state index in [1.54, 1.807) is 6.07 Å². The molecule has 1 aromatic carbocycles. The van der Waals surface area contributed by atoms with Crippen molar-refractivity contribution in [2.75, 3.05) is 5.32 Å². The molecule has 19 heavy (non-hydrogen) atoms. The topological polar surface area (TPSA) is 62.4 Å². The van der Waals surface area contributed by atoms with Gasteiger partial charge >= 0.3 is 0 Å². The minimum Gasteiger partial charge on any atom is -0.325 e. The lowest BCUT2D eigenvalue weighted by Gasteiger charge is -2.20. The lowest BCUT2D eigenvalue weighted by molar-refractivity contribution is 0.442. The van der Waals surface area contributed by atoms with Gasteiger partial charge in [-0.05, 0) is 43.5 Å². The Balaban J connectivity index is 2.07. The number of aliphatic imine (C=N–C) groups is 1. The van der Waals surface area contributed by atoms with Gasteiger partial charge in [0.2, 0.25) is 5.96 Å². The first-order valence-electron chi connectivity index (χ1n) is 6.76. The van der Waals surface area contributed by atoms with Gasteiger partial charge in [0.25, 0.3) is 0 Å². The standard InChI is InChI=1S/C14H21FN4/c1-10-9-11(15)7-8-13(10)18-14(19-16)17-12-5-3-2-4-6-12/h7-9,12H,2-6,16H2,1H3,(H2,17,18,19). The Morgan fingerprint density at radius 2 is 2.05 bits per heavy atom. The highest BCUT2D eigenvalue weighted by Crippen LogP contribution is 2.21. The van der Waals surface area contributed by atoms with E-state index in [4.69, 9.17) is 5.84 Å². The highest BCUT2D eigenvalue weighted by atomic mass is 19.1. The maximum Gasteiger partial charge on any atom is 0.210 e. The molecule has 0 bridgehead atoms. The van der Waals surface area contributed by atoms with Crippen molar-refractivity contribution in [3.8, 4) is 0 Å². The lowest BCUT2D eigenvalue weighted by Crippen LogP contribution is -2.37. The summed E-state index contributed by atoms with van der Waals surface area (Å²) in [5.41, 5.74) is 4.22. The van der Waals surface area contributed by atoms with Crippen LogP contribution in [0.15, 0.2) is 23.2 Å². The van der Waals surface area contributed by atoms with Crippen LogP contribution in [0, 0.1) is 12.7 Å². The summed E-state index contributed by atoms with van der Waals surface area (Å²) in [4.78, 5) is 4.59. The molecule has 0 aliphatic heterocycles. The van der Waals surface area contributed by atoms with Crippen LogP contribution in [-0.4, -0.2) is 12.0 Å². The molecule has 0 unspecified atom stereocenters. The summed E-state index contributed by atoms with van der Waals surface area (Å²) >= 11 is 0. The lowest BCUT2D eigenvalue weighted by atomic mass is 9.96. The number of nitrogens with two attached hydrogens (primary N) is 1. The van der Waals surface area contributed by atoms with Crippen molar-refractivity contribution in [3.63, 3.8) is 0 Å². The summed E-state index contributed by atoms with van der Waals surface area (Å²) in [5, 5.41) is 3.12. The van der Waals surface area contributed by atoms with Gasteiger partial charge in [-0.25, -0.2) is 15.2 Å². The van der Waals surface area contributed by atoms with E-state index in [-0.39, 0.29) is 5.82 Å². The molecular formula is C14H21FN4. The van der Waals surface area contributed by atoms with E-state index in [1.807, 2.05) is 6.92 Å². The number of hydrogen-bond acceptors (Lipinski definition) is 2. The summed E-state index contributed by atoms with van der Waals surface area (Å²) < 4.78 is 13.0. The van der Waals surface area contributed by atoms with Gasteiger partial charge < -0.3 is 5.32 Å². The normalized spacial score (nSPS) is 17.3. The molecule has 0 heterocycles. The number of nitrogens with one attached hydrogen (secondary N) is 2. The largest absolute Gasteiger partial charge is 0.325 e. The van der Waals surface area contributed by atoms with Gasteiger partial charge in [0.05, 0.1) is 6.04 Å². The first-order chi connectivity index (χ1) is 9.19. The quantitative estimate of drug-likeness (QED) is 0.333. The second-order valence-electron chi connectivity index (χ2n) is 5.00. The molecule has 1 saturated carbocycles. The third-order valence-electron chi connectivity index (χ3n) is 3.46. The SMILES string of the molecule is Cc1cc(F)ccc1NC(=NC1CCCCC1)NN. The van der Waals surface area contributed by atoms with Gasteiger partial charge in [0, 0.05) is 5.69 Å². The first-order valence-corrected chi connectivity index (χ1v) is 6.76. The number of anilines is 1.